The number of halogens is 2. The van der Waals surface area contributed by atoms with Crippen molar-refractivity contribution in [3.63, 3.8) is 0 Å². The molecule has 166 valence electrons. The maximum absolute atomic E-state index is 14.1. The van der Waals surface area contributed by atoms with Crippen LogP contribution in [0.1, 0.15) is 26.3 Å². The number of nitrogens with zero attached hydrogens (tertiary/aromatic N) is 3. The lowest BCUT2D eigenvalue weighted by atomic mass is 10.1. The first-order valence-electron chi connectivity index (χ1n) is 10.4. The standard InChI is InChI=1S/C25H20ClFN4O2/c26-19-4-2-18(3-5-19)25(33)31-13-11-30(12-14-31)21-8-6-20(7-9-21)29-24(32)22-10-1-17(16-28)15-23(22)27/h1-10,15H,11-14H2,(H,29,32). The first kappa shape index (κ1) is 22.3. The SMILES string of the molecule is N#Cc1ccc(C(=O)Nc2ccc(N3CCN(C(=O)c4ccc(Cl)cc4)CC3)cc2)c(F)c1. The predicted octanol–water partition coefficient (Wildman–Crippen LogP) is 4.57. The van der Waals surface area contributed by atoms with Gasteiger partial charge in [-0.3, -0.25) is 9.59 Å². The molecule has 2 amide bonds. The Morgan fingerprint density at radius 2 is 1.61 bits per heavy atom. The van der Waals surface area contributed by atoms with Crippen molar-refractivity contribution < 1.29 is 14.0 Å². The molecule has 0 saturated carbocycles. The summed E-state index contributed by atoms with van der Waals surface area (Å²) in [7, 11) is 0. The molecular formula is C25H20ClFN4O2. The Morgan fingerprint density at radius 3 is 2.21 bits per heavy atom. The Hall–Kier alpha value is -3.89. The summed E-state index contributed by atoms with van der Waals surface area (Å²) in [6, 6.07) is 19.7. The number of carbonyl (C=O) groups is 2. The highest BCUT2D eigenvalue weighted by Crippen LogP contribution is 2.21. The van der Waals surface area contributed by atoms with E-state index in [1.54, 1.807) is 36.4 Å². The van der Waals surface area contributed by atoms with Crippen molar-refractivity contribution in [2.75, 3.05) is 36.4 Å². The number of hydrogen-bond acceptors (Lipinski definition) is 4. The molecule has 1 heterocycles. The Bertz CT molecular complexity index is 1210. The summed E-state index contributed by atoms with van der Waals surface area (Å²) in [6.45, 7) is 2.55. The molecule has 0 bridgehead atoms. The molecule has 1 saturated heterocycles. The van der Waals surface area contributed by atoms with Crippen LogP contribution in [0.15, 0.2) is 66.7 Å². The molecule has 0 atom stereocenters. The fourth-order valence-electron chi connectivity index (χ4n) is 3.67. The highest BCUT2D eigenvalue weighted by molar-refractivity contribution is 6.30. The van der Waals surface area contributed by atoms with Gasteiger partial charge in [0.15, 0.2) is 0 Å². The van der Waals surface area contributed by atoms with E-state index in [9.17, 15) is 14.0 Å². The van der Waals surface area contributed by atoms with E-state index < -0.39 is 11.7 Å². The van der Waals surface area contributed by atoms with E-state index in [2.05, 4.69) is 10.2 Å². The fourth-order valence-corrected chi connectivity index (χ4v) is 3.79. The molecule has 0 spiro atoms. The van der Waals surface area contributed by atoms with Gasteiger partial charge < -0.3 is 15.1 Å². The monoisotopic (exact) mass is 462 g/mol. The van der Waals surface area contributed by atoms with E-state index in [0.717, 1.165) is 11.8 Å². The fraction of sp³-hybridized carbons (Fsp3) is 0.160. The summed E-state index contributed by atoms with van der Waals surface area (Å²) in [5, 5.41) is 12.1. The summed E-state index contributed by atoms with van der Waals surface area (Å²) in [4.78, 5) is 29.0. The van der Waals surface area contributed by atoms with Gasteiger partial charge >= 0.3 is 0 Å². The number of hydrogen-bond donors (Lipinski definition) is 1. The van der Waals surface area contributed by atoms with Crippen LogP contribution in [-0.2, 0) is 0 Å². The van der Waals surface area contributed by atoms with Gasteiger partial charge in [0.05, 0.1) is 17.2 Å². The quantitative estimate of drug-likeness (QED) is 0.616. The van der Waals surface area contributed by atoms with E-state index in [1.165, 1.54) is 12.1 Å². The minimum absolute atomic E-state index is 0.0144. The lowest BCUT2D eigenvalue weighted by Gasteiger charge is -2.36. The van der Waals surface area contributed by atoms with Gasteiger partial charge in [0, 0.05) is 48.1 Å². The zero-order valence-corrected chi connectivity index (χ0v) is 18.3. The first-order chi connectivity index (χ1) is 15.9. The van der Waals surface area contributed by atoms with Crippen molar-refractivity contribution >= 4 is 34.8 Å². The van der Waals surface area contributed by atoms with Crippen molar-refractivity contribution in [1.29, 1.82) is 5.26 Å². The molecule has 0 aliphatic carbocycles. The van der Waals surface area contributed by atoms with Crippen LogP contribution in [0.4, 0.5) is 15.8 Å². The second-order valence-corrected chi connectivity index (χ2v) is 8.03. The second kappa shape index (κ2) is 9.72. The summed E-state index contributed by atoms with van der Waals surface area (Å²) in [5.74, 6) is -1.34. The topological polar surface area (TPSA) is 76.4 Å². The Labute approximate surface area is 195 Å². The van der Waals surface area contributed by atoms with Gasteiger partial charge in [-0.05, 0) is 66.7 Å². The molecule has 3 aromatic rings. The lowest BCUT2D eigenvalue weighted by Crippen LogP contribution is -2.48. The minimum Gasteiger partial charge on any atom is -0.368 e. The van der Waals surface area contributed by atoms with Crippen LogP contribution in [0.2, 0.25) is 5.02 Å². The average Bonchev–Trinajstić information content (AvgIpc) is 2.84. The van der Waals surface area contributed by atoms with Crippen molar-refractivity contribution in [1.82, 2.24) is 4.90 Å². The van der Waals surface area contributed by atoms with Crippen molar-refractivity contribution in [2.24, 2.45) is 0 Å². The number of nitrogens with one attached hydrogen (secondary N) is 1. The van der Waals surface area contributed by atoms with Crippen molar-refractivity contribution in [3.8, 4) is 6.07 Å². The number of rotatable bonds is 4. The van der Waals surface area contributed by atoms with Crippen LogP contribution in [0.5, 0.6) is 0 Å². The van der Waals surface area contributed by atoms with Gasteiger partial charge in [-0.1, -0.05) is 11.6 Å². The molecule has 0 unspecified atom stereocenters. The molecule has 1 fully saturated rings. The van der Waals surface area contributed by atoms with Crippen LogP contribution in [-0.4, -0.2) is 42.9 Å². The van der Waals surface area contributed by atoms with Crippen molar-refractivity contribution in [3.05, 3.63) is 94.3 Å². The summed E-state index contributed by atoms with van der Waals surface area (Å²) < 4.78 is 14.1. The number of carbonyl (C=O) groups excluding carboxylic acids is 2. The Kier molecular flexibility index (Phi) is 6.57. The highest BCUT2D eigenvalue weighted by atomic mass is 35.5. The Balaban J connectivity index is 1.34. The van der Waals surface area contributed by atoms with Crippen LogP contribution in [0, 0.1) is 17.1 Å². The molecule has 4 rings (SSSR count). The maximum Gasteiger partial charge on any atom is 0.258 e. The smallest absolute Gasteiger partial charge is 0.258 e. The van der Waals surface area contributed by atoms with Crippen LogP contribution in [0.3, 0.4) is 0 Å². The van der Waals surface area contributed by atoms with E-state index in [-0.39, 0.29) is 17.0 Å². The third-order valence-electron chi connectivity index (χ3n) is 5.49. The zero-order chi connectivity index (χ0) is 23.4. The van der Waals surface area contributed by atoms with E-state index in [4.69, 9.17) is 16.9 Å². The normalized spacial score (nSPS) is 13.4. The Morgan fingerprint density at radius 1 is 0.939 bits per heavy atom. The predicted molar refractivity (Wildman–Crippen MR) is 125 cm³/mol. The zero-order valence-electron chi connectivity index (χ0n) is 17.6. The summed E-state index contributed by atoms with van der Waals surface area (Å²) >= 11 is 5.90. The van der Waals surface area contributed by atoms with Crippen molar-refractivity contribution in [2.45, 2.75) is 0 Å². The van der Waals surface area contributed by atoms with Gasteiger partial charge in [0.1, 0.15) is 5.82 Å². The van der Waals surface area contributed by atoms with Gasteiger partial charge in [-0.25, -0.2) is 4.39 Å². The average molecular weight is 463 g/mol. The molecule has 1 aliphatic rings. The minimum atomic E-state index is -0.741. The first-order valence-corrected chi connectivity index (χ1v) is 10.7. The molecule has 1 N–H and O–H groups in total. The number of amides is 2. The lowest BCUT2D eigenvalue weighted by molar-refractivity contribution is 0.0746. The number of piperazine rings is 1. The molecular weight excluding hydrogens is 443 g/mol. The van der Waals surface area contributed by atoms with Gasteiger partial charge in [0.2, 0.25) is 0 Å². The molecule has 3 aromatic carbocycles. The summed E-state index contributed by atoms with van der Waals surface area (Å²) in [5.41, 5.74) is 2.15. The van der Waals surface area contributed by atoms with E-state index in [1.807, 2.05) is 23.1 Å². The molecule has 0 radical (unpaired) electrons. The molecule has 33 heavy (non-hydrogen) atoms. The van der Waals surface area contributed by atoms with E-state index >= 15 is 0 Å². The third kappa shape index (κ3) is 5.13. The van der Waals surface area contributed by atoms with Crippen LogP contribution in [0.25, 0.3) is 0 Å². The van der Waals surface area contributed by atoms with Gasteiger partial charge in [-0.15, -0.1) is 0 Å². The largest absolute Gasteiger partial charge is 0.368 e. The summed E-state index contributed by atoms with van der Waals surface area (Å²) in [6.07, 6.45) is 0. The number of benzene rings is 3. The van der Waals surface area contributed by atoms with Crippen LogP contribution >= 0.6 is 11.6 Å². The molecule has 1 aliphatic heterocycles. The van der Waals surface area contributed by atoms with Gasteiger partial charge in [-0.2, -0.15) is 5.26 Å². The number of anilines is 2. The van der Waals surface area contributed by atoms with E-state index in [0.29, 0.717) is 42.5 Å². The van der Waals surface area contributed by atoms with Gasteiger partial charge in [0.25, 0.3) is 11.8 Å². The van der Waals surface area contributed by atoms with Crippen LogP contribution < -0.4 is 10.2 Å². The molecule has 0 aromatic heterocycles. The molecule has 8 heteroatoms. The maximum atomic E-state index is 14.1. The highest BCUT2D eigenvalue weighted by Gasteiger charge is 2.22. The second-order valence-electron chi connectivity index (χ2n) is 7.59. The number of nitriles is 1. The molecule has 6 nitrogen and oxygen atoms in total. The third-order valence-corrected chi connectivity index (χ3v) is 5.74.